The summed E-state index contributed by atoms with van der Waals surface area (Å²) in [5, 5.41) is 20.9. The van der Waals surface area contributed by atoms with Crippen LogP contribution in [0.2, 0.25) is 0 Å². The van der Waals surface area contributed by atoms with Crippen molar-refractivity contribution in [2.24, 2.45) is 0 Å². The molecule has 27 heavy (non-hydrogen) atoms. The van der Waals surface area contributed by atoms with Crippen molar-refractivity contribution < 1.29 is 19.8 Å². The number of aliphatic hydroxyl groups excluding tert-OH is 2. The number of amides is 1. The molecule has 2 atom stereocenters. The number of hydrogen-bond acceptors (Lipinski definition) is 4. The minimum absolute atomic E-state index is 0.312. The zero-order chi connectivity index (χ0) is 19.6. The maximum atomic E-state index is 12.2. The normalized spacial score (nSPS) is 11.8. The van der Waals surface area contributed by atoms with Gasteiger partial charge in [0.15, 0.2) is 5.78 Å². The maximum absolute atomic E-state index is 12.2. The van der Waals surface area contributed by atoms with Crippen LogP contribution < -0.4 is 5.32 Å². The Bertz CT molecular complexity index is 910. The Morgan fingerprint density at radius 1 is 0.963 bits per heavy atom. The van der Waals surface area contributed by atoms with Gasteiger partial charge in [0, 0.05) is 16.7 Å². The Kier molecular flexibility index (Phi) is 7.34. The number of carbonyl (C=O) groups is 2. The summed E-state index contributed by atoms with van der Waals surface area (Å²) in [7, 11) is 0. The van der Waals surface area contributed by atoms with E-state index in [0.717, 1.165) is 5.56 Å². The number of hydrogen-bond donors (Lipinski definition) is 3. The van der Waals surface area contributed by atoms with Gasteiger partial charge in [0.05, 0.1) is 6.10 Å². The third-order valence-corrected chi connectivity index (χ3v) is 3.67. The Hall–Kier alpha value is -3.38. The van der Waals surface area contributed by atoms with Crippen molar-refractivity contribution >= 4 is 11.7 Å². The number of rotatable bonds is 5. The second-order valence-corrected chi connectivity index (χ2v) is 5.76. The summed E-state index contributed by atoms with van der Waals surface area (Å²) in [6, 6.07) is 14.8. The lowest BCUT2D eigenvalue weighted by atomic mass is 10.1. The Balaban J connectivity index is 2.03. The van der Waals surface area contributed by atoms with E-state index in [-0.39, 0.29) is 0 Å². The van der Waals surface area contributed by atoms with Gasteiger partial charge in [-0.15, -0.1) is 0 Å². The fourth-order valence-electron chi connectivity index (χ4n) is 2.23. The van der Waals surface area contributed by atoms with Gasteiger partial charge in [-0.2, -0.15) is 0 Å². The molecule has 1 amide bonds. The second kappa shape index (κ2) is 9.94. The van der Waals surface area contributed by atoms with E-state index in [1.165, 1.54) is 6.92 Å². The molecule has 0 aromatic heterocycles. The lowest BCUT2D eigenvalue weighted by Crippen LogP contribution is -2.48. The first-order valence-corrected chi connectivity index (χ1v) is 8.31. The fraction of sp³-hybridized carbons (Fsp3) is 0.182. The van der Waals surface area contributed by atoms with Crippen molar-refractivity contribution in [3.05, 3.63) is 71.3 Å². The van der Waals surface area contributed by atoms with Crippen LogP contribution in [-0.2, 0) is 4.79 Å². The minimum Gasteiger partial charge on any atom is -0.391 e. The lowest BCUT2D eigenvalue weighted by molar-refractivity contribution is -0.125. The van der Waals surface area contributed by atoms with Crippen LogP contribution in [0.25, 0.3) is 0 Å². The highest BCUT2D eigenvalue weighted by molar-refractivity contribution is 5.98. The second-order valence-electron chi connectivity index (χ2n) is 5.76. The molecular formula is C22H19NO4. The zero-order valence-electron chi connectivity index (χ0n) is 14.8. The summed E-state index contributed by atoms with van der Waals surface area (Å²) in [5.74, 6) is 10.2. The third-order valence-electron chi connectivity index (χ3n) is 3.67. The van der Waals surface area contributed by atoms with Gasteiger partial charge in [0.25, 0.3) is 5.91 Å². The third kappa shape index (κ3) is 6.13. The van der Waals surface area contributed by atoms with E-state index in [2.05, 4.69) is 29.0 Å². The number of aliphatic hydroxyl groups is 2. The van der Waals surface area contributed by atoms with E-state index in [4.69, 9.17) is 5.11 Å². The first-order valence-electron chi connectivity index (χ1n) is 8.31. The van der Waals surface area contributed by atoms with Crippen LogP contribution in [0, 0.1) is 23.7 Å². The molecule has 3 N–H and O–H groups in total. The average molecular weight is 361 g/mol. The van der Waals surface area contributed by atoms with Gasteiger partial charge in [-0.1, -0.05) is 30.0 Å². The first kappa shape index (κ1) is 19.9. The van der Waals surface area contributed by atoms with Crippen molar-refractivity contribution in [2.45, 2.75) is 19.1 Å². The van der Waals surface area contributed by atoms with Gasteiger partial charge in [-0.25, -0.2) is 0 Å². The van der Waals surface area contributed by atoms with Gasteiger partial charge in [0.2, 0.25) is 0 Å². The predicted molar refractivity (Wildman–Crippen MR) is 102 cm³/mol. The average Bonchev–Trinajstić information content (AvgIpc) is 2.69. The van der Waals surface area contributed by atoms with Crippen LogP contribution >= 0.6 is 0 Å². The molecule has 0 fully saturated rings. The van der Waals surface area contributed by atoms with E-state index in [1.807, 2.05) is 30.3 Å². The molecule has 0 aliphatic carbocycles. The van der Waals surface area contributed by atoms with Crippen LogP contribution in [0.5, 0.6) is 0 Å². The highest BCUT2D eigenvalue weighted by Gasteiger charge is 2.25. The molecule has 5 heteroatoms. The summed E-state index contributed by atoms with van der Waals surface area (Å²) >= 11 is 0. The molecule has 0 spiro atoms. The number of nitrogens with one attached hydrogen (secondary N) is 1. The van der Waals surface area contributed by atoms with E-state index < -0.39 is 30.4 Å². The van der Waals surface area contributed by atoms with E-state index in [0.29, 0.717) is 11.1 Å². The highest BCUT2D eigenvalue weighted by atomic mass is 16.3. The van der Waals surface area contributed by atoms with Gasteiger partial charge in [-0.3, -0.25) is 9.59 Å². The lowest BCUT2D eigenvalue weighted by Gasteiger charge is -2.19. The standard InChI is InChI=1S/C22H19NO4/c1-16(25)21(20(26)15-24)23-22(27)19-13-11-18(12-14-19)10-6-5-9-17-7-3-2-4-8-17/h2-4,7-8,11-14,16,21,24-25H,15H2,1H3,(H,23,27)/t16-,21-/m0/s1. The van der Waals surface area contributed by atoms with Crippen LogP contribution in [-0.4, -0.2) is 40.7 Å². The molecule has 2 aromatic rings. The molecule has 0 heterocycles. The zero-order valence-corrected chi connectivity index (χ0v) is 14.8. The minimum atomic E-state index is -1.16. The monoisotopic (exact) mass is 361 g/mol. The SMILES string of the molecule is C[C@H](O)[C@H](NC(=O)c1ccc(C#CC#Cc2ccccc2)cc1)C(=O)CO. The molecule has 136 valence electrons. The van der Waals surface area contributed by atoms with Crippen LogP contribution in [0.4, 0.5) is 0 Å². The molecule has 0 aliphatic rings. The summed E-state index contributed by atoms with van der Waals surface area (Å²) in [6.45, 7) is 0.613. The topological polar surface area (TPSA) is 86.6 Å². The Morgan fingerprint density at radius 3 is 2.04 bits per heavy atom. The molecule has 2 rings (SSSR count). The summed E-state index contributed by atoms with van der Waals surface area (Å²) < 4.78 is 0. The van der Waals surface area contributed by atoms with Gasteiger partial charge in [-0.05, 0) is 55.2 Å². The van der Waals surface area contributed by atoms with Crippen LogP contribution in [0.15, 0.2) is 54.6 Å². The Morgan fingerprint density at radius 2 is 1.52 bits per heavy atom. The molecule has 0 aliphatic heterocycles. The molecule has 0 radical (unpaired) electrons. The molecule has 2 aromatic carbocycles. The summed E-state index contributed by atoms with van der Waals surface area (Å²) in [4.78, 5) is 23.8. The van der Waals surface area contributed by atoms with Gasteiger partial charge >= 0.3 is 0 Å². The molecule has 0 saturated carbocycles. The quantitative estimate of drug-likeness (QED) is 0.697. The Labute approximate surface area is 158 Å². The highest BCUT2D eigenvalue weighted by Crippen LogP contribution is 2.05. The number of benzene rings is 2. The van der Waals surface area contributed by atoms with Crippen LogP contribution in [0.3, 0.4) is 0 Å². The number of Topliss-reactive ketones (excluding diaryl/α,β-unsaturated/α-hetero) is 1. The fourth-order valence-corrected chi connectivity index (χ4v) is 2.23. The first-order chi connectivity index (χ1) is 13.0. The van der Waals surface area contributed by atoms with Crippen molar-refractivity contribution in [3.63, 3.8) is 0 Å². The molecule has 0 unspecified atom stereocenters. The largest absolute Gasteiger partial charge is 0.391 e. The number of ketones is 1. The van der Waals surface area contributed by atoms with Crippen molar-refractivity contribution in [3.8, 4) is 23.7 Å². The van der Waals surface area contributed by atoms with Crippen LogP contribution in [0.1, 0.15) is 28.4 Å². The van der Waals surface area contributed by atoms with Crippen molar-refractivity contribution in [2.75, 3.05) is 6.61 Å². The van der Waals surface area contributed by atoms with E-state index >= 15 is 0 Å². The molecular weight excluding hydrogens is 342 g/mol. The van der Waals surface area contributed by atoms with E-state index in [9.17, 15) is 14.7 Å². The molecule has 0 bridgehead atoms. The maximum Gasteiger partial charge on any atom is 0.251 e. The molecule has 0 saturated heterocycles. The summed E-state index contributed by atoms with van der Waals surface area (Å²) in [6.07, 6.45) is -1.11. The van der Waals surface area contributed by atoms with E-state index in [1.54, 1.807) is 24.3 Å². The molecule has 5 nitrogen and oxygen atoms in total. The smallest absolute Gasteiger partial charge is 0.251 e. The van der Waals surface area contributed by atoms with Crippen molar-refractivity contribution in [1.82, 2.24) is 5.32 Å². The summed E-state index contributed by atoms with van der Waals surface area (Å²) in [5.41, 5.74) is 1.88. The predicted octanol–water partition coefficient (Wildman–Crippen LogP) is 1.13. The number of carbonyl (C=O) groups excluding carboxylic acids is 2. The van der Waals surface area contributed by atoms with Gasteiger partial charge < -0.3 is 15.5 Å². The van der Waals surface area contributed by atoms with Gasteiger partial charge in [0.1, 0.15) is 12.6 Å². The van der Waals surface area contributed by atoms with Crippen molar-refractivity contribution in [1.29, 1.82) is 0 Å².